The van der Waals surface area contributed by atoms with Gasteiger partial charge in [-0.1, -0.05) is 35.3 Å². The average Bonchev–Trinajstić information content (AvgIpc) is 2.40. The summed E-state index contributed by atoms with van der Waals surface area (Å²) in [6, 6.07) is 8.65. The molecule has 1 aromatic rings. The summed E-state index contributed by atoms with van der Waals surface area (Å²) in [7, 11) is 0. The summed E-state index contributed by atoms with van der Waals surface area (Å²) in [5.74, 6) is -0.665. The van der Waals surface area contributed by atoms with Crippen molar-refractivity contribution in [2.45, 2.75) is 6.92 Å². The maximum atomic E-state index is 11.4. The second-order valence-corrected chi connectivity index (χ2v) is 4.28. The van der Waals surface area contributed by atoms with Gasteiger partial charge in [0.1, 0.15) is 11.6 Å². The van der Waals surface area contributed by atoms with E-state index in [1.165, 1.54) is 12.2 Å². The van der Waals surface area contributed by atoms with Crippen molar-refractivity contribution in [2.75, 3.05) is 6.61 Å². The molecule has 1 aromatic carbocycles. The zero-order chi connectivity index (χ0) is 14.3. The zero-order valence-corrected chi connectivity index (χ0v) is 11.7. The van der Waals surface area contributed by atoms with Gasteiger partial charge in [0, 0.05) is 10.1 Å². The van der Waals surface area contributed by atoms with Crippen molar-refractivity contribution < 1.29 is 9.53 Å². The highest BCUT2D eigenvalue weighted by molar-refractivity contribution is 6.49. The Balaban J connectivity index is 2.92. The van der Waals surface area contributed by atoms with Crippen LogP contribution in [0.25, 0.3) is 5.03 Å². The third kappa shape index (κ3) is 4.78. The first-order valence-electron chi connectivity index (χ1n) is 5.49. The van der Waals surface area contributed by atoms with Crippen LogP contribution in [0.2, 0.25) is 5.02 Å². The van der Waals surface area contributed by atoms with Gasteiger partial charge in [-0.3, -0.25) is 0 Å². The lowest BCUT2D eigenvalue weighted by molar-refractivity contribution is -0.138. The number of esters is 1. The second kappa shape index (κ2) is 7.63. The molecule has 1 rings (SSSR count). The molecule has 0 aliphatic carbocycles. The zero-order valence-electron chi connectivity index (χ0n) is 10.2. The SMILES string of the molecule is CCOC(=O)/C(C#N)=C/C=C(\Cl)c1ccc(Cl)cc1. The molecule has 0 spiro atoms. The summed E-state index contributed by atoms with van der Waals surface area (Å²) in [4.78, 5) is 11.4. The van der Waals surface area contributed by atoms with E-state index >= 15 is 0 Å². The number of carbonyl (C=O) groups excluding carboxylic acids is 1. The van der Waals surface area contributed by atoms with Crippen molar-refractivity contribution in [3.05, 3.63) is 52.6 Å². The van der Waals surface area contributed by atoms with E-state index in [1.54, 1.807) is 37.3 Å². The summed E-state index contributed by atoms with van der Waals surface area (Å²) < 4.78 is 4.73. The smallest absolute Gasteiger partial charge is 0.348 e. The van der Waals surface area contributed by atoms with Gasteiger partial charge in [-0.25, -0.2) is 4.79 Å². The fraction of sp³-hybridized carbons (Fsp3) is 0.143. The Labute approximate surface area is 121 Å². The molecule has 0 unspecified atom stereocenters. The maximum Gasteiger partial charge on any atom is 0.348 e. The number of ether oxygens (including phenoxy) is 1. The first-order valence-corrected chi connectivity index (χ1v) is 6.24. The Kier molecular flexibility index (Phi) is 6.14. The topological polar surface area (TPSA) is 50.1 Å². The molecule has 0 atom stereocenters. The van der Waals surface area contributed by atoms with Crippen molar-refractivity contribution in [1.29, 1.82) is 5.26 Å². The van der Waals surface area contributed by atoms with Gasteiger partial charge in [0.2, 0.25) is 0 Å². The van der Waals surface area contributed by atoms with E-state index in [2.05, 4.69) is 0 Å². The standard InChI is InChI=1S/C14H11Cl2NO2/c1-2-19-14(18)11(9-17)5-8-13(16)10-3-6-12(15)7-4-10/h3-8H,2H2,1H3/b11-5+,13-8-. The van der Waals surface area contributed by atoms with Crippen LogP contribution in [0, 0.1) is 11.3 Å². The highest BCUT2D eigenvalue weighted by Gasteiger charge is 2.08. The van der Waals surface area contributed by atoms with Gasteiger partial charge in [-0.2, -0.15) is 5.26 Å². The van der Waals surface area contributed by atoms with Gasteiger partial charge in [-0.05, 0) is 36.8 Å². The molecule has 0 saturated heterocycles. The lowest BCUT2D eigenvalue weighted by Crippen LogP contribution is -2.05. The molecule has 0 amide bonds. The van der Waals surface area contributed by atoms with E-state index < -0.39 is 5.97 Å². The van der Waals surface area contributed by atoms with E-state index in [9.17, 15) is 4.79 Å². The molecule has 0 aliphatic rings. The van der Waals surface area contributed by atoms with Crippen LogP contribution in [-0.2, 0) is 9.53 Å². The van der Waals surface area contributed by atoms with Crippen molar-refractivity contribution in [3.63, 3.8) is 0 Å². The molecule has 0 aromatic heterocycles. The Morgan fingerprint density at radius 2 is 2.00 bits per heavy atom. The number of nitrogens with zero attached hydrogens (tertiary/aromatic N) is 1. The molecule has 0 fully saturated rings. The number of allylic oxidation sites excluding steroid dienone is 2. The van der Waals surface area contributed by atoms with Crippen LogP contribution in [0.1, 0.15) is 12.5 Å². The minimum Gasteiger partial charge on any atom is -0.462 e. The summed E-state index contributed by atoms with van der Waals surface area (Å²) in [5, 5.41) is 9.84. The first kappa shape index (κ1) is 15.3. The largest absolute Gasteiger partial charge is 0.462 e. The van der Waals surface area contributed by atoms with Gasteiger partial charge >= 0.3 is 5.97 Å². The molecule has 0 radical (unpaired) electrons. The van der Waals surface area contributed by atoms with E-state index in [0.29, 0.717) is 10.1 Å². The average molecular weight is 296 g/mol. The minimum atomic E-state index is -0.665. The van der Waals surface area contributed by atoms with Gasteiger partial charge < -0.3 is 4.74 Å². The van der Waals surface area contributed by atoms with Gasteiger partial charge in [0.05, 0.1) is 6.61 Å². The van der Waals surface area contributed by atoms with E-state index in [4.69, 9.17) is 33.2 Å². The molecule has 19 heavy (non-hydrogen) atoms. The van der Waals surface area contributed by atoms with E-state index in [0.717, 1.165) is 5.56 Å². The third-order valence-electron chi connectivity index (χ3n) is 2.13. The Hall–Kier alpha value is -1.76. The maximum absolute atomic E-state index is 11.4. The molecule has 0 saturated carbocycles. The number of nitriles is 1. The van der Waals surface area contributed by atoms with Crippen LogP contribution in [0.4, 0.5) is 0 Å². The molecule has 98 valence electrons. The Morgan fingerprint density at radius 3 is 2.53 bits per heavy atom. The number of hydrogen-bond acceptors (Lipinski definition) is 3. The van der Waals surface area contributed by atoms with E-state index in [1.807, 2.05) is 0 Å². The quantitative estimate of drug-likeness (QED) is 0.366. The molecule has 3 nitrogen and oxygen atoms in total. The summed E-state index contributed by atoms with van der Waals surface area (Å²) >= 11 is 11.8. The fourth-order valence-corrected chi connectivity index (χ4v) is 1.54. The lowest BCUT2D eigenvalue weighted by Gasteiger charge is -1.99. The normalized spacial score (nSPS) is 11.9. The van der Waals surface area contributed by atoms with Crippen molar-refractivity contribution in [1.82, 2.24) is 0 Å². The number of hydrogen-bond donors (Lipinski definition) is 0. The highest BCUT2D eigenvalue weighted by Crippen LogP contribution is 2.21. The Bertz CT molecular complexity index is 554. The first-order chi connectivity index (χ1) is 9.08. The number of halogens is 2. The lowest BCUT2D eigenvalue weighted by atomic mass is 10.2. The summed E-state index contributed by atoms with van der Waals surface area (Å²) in [5.41, 5.74) is 0.637. The summed E-state index contributed by atoms with van der Waals surface area (Å²) in [6.45, 7) is 1.88. The van der Waals surface area contributed by atoms with Gasteiger partial charge in [0.15, 0.2) is 0 Å². The predicted octanol–water partition coefficient (Wildman–Crippen LogP) is 3.93. The van der Waals surface area contributed by atoms with Gasteiger partial charge in [-0.15, -0.1) is 0 Å². The van der Waals surface area contributed by atoms with Crippen molar-refractivity contribution in [3.8, 4) is 6.07 Å². The molecular formula is C14H11Cl2NO2. The predicted molar refractivity (Wildman–Crippen MR) is 75.6 cm³/mol. The van der Waals surface area contributed by atoms with Crippen LogP contribution < -0.4 is 0 Å². The van der Waals surface area contributed by atoms with Gasteiger partial charge in [0.25, 0.3) is 0 Å². The van der Waals surface area contributed by atoms with Crippen LogP contribution >= 0.6 is 23.2 Å². The molecular weight excluding hydrogens is 285 g/mol. The number of benzene rings is 1. The van der Waals surface area contributed by atoms with E-state index in [-0.39, 0.29) is 12.2 Å². The van der Waals surface area contributed by atoms with Crippen LogP contribution in [0.5, 0.6) is 0 Å². The molecule has 0 aliphatic heterocycles. The molecule has 0 heterocycles. The van der Waals surface area contributed by atoms with Crippen molar-refractivity contribution in [2.24, 2.45) is 0 Å². The Morgan fingerprint density at radius 1 is 1.37 bits per heavy atom. The monoisotopic (exact) mass is 295 g/mol. The fourth-order valence-electron chi connectivity index (χ4n) is 1.22. The number of rotatable bonds is 4. The van der Waals surface area contributed by atoms with Crippen LogP contribution in [0.3, 0.4) is 0 Å². The van der Waals surface area contributed by atoms with Crippen molar-refractivity contribution >= 4 is 34.2 Å². The molecule has 5 heteroatoms. The molecule has 0 N–H and O–H groups in total. The third-order valence-corrected chi connectivity index (χ3v) is 2.73. The van der Waals surface area contributed by atoms with Crippen LogP contribution in [0.15, 0.2) is 42.0 Å². The highest BCUT2D eigenvalue weighted by atomic mass is 35.5. The van der Waals surface area contributed by atoms with Crippen LogP contribution in [-0.4, -0.2) is 12.6 Å². The second-order valence-electron chi connectivity index (χ2n) is 3.43. The minimum absolute atomic E-state index is 0.103. The molecule has 0 bridgehead atoms. The summed E-state index contributed by atoms with van der Waals surface area (Å²) in [6.07, 6.45) is 2.80. The number of carbonyl (C=O) groups is 1.